The highest BCUT2D eigenvalue weighted by molar-refractivity contribution is 5.91. The van der Waals surface area contributed by atoms with Gasteiger partial charge in [-0.05, 0) is 56.2 Å². The van der Waals surface area contributed by atoms with E-state index in [1.165, 1.54) is 13.0 Å². The summed E-state index contributed by atoms with van der Waals surface area (Å²) in [6.45, 7) is 7.03. The van der Waals surface area contributed by atoms with Crippen molar-refractivity contribution in [3.8, 4) is 0 Å². The summed E-state index contributed by atoms with van der Waals surface area (Å²) in [4.78, 5) is 21.7. The number of anilines is 3. The van der Waals surface area contributed by atoms with Crippen LogP contribution in [0.25, 0.3) is 0 Å². The molecule has 0 radical (unpaired) electrons. The summed E-state index contributed by atoms with van der Waals surface area (Å²) in [5.41, 5.74) is 5.04. The third-order valence-corrected chi connectivity index (χ3v) is 3.52. The fraction of sp³-hybridized carbons (Fsp3) is 0.235. The van der Waals surface area contributed by atoms with Gasteiger partial charge in [-0.2, -0.15) is 0 Å². The number of rotatable bonds is 4. The van der Waals surface area contributed by atoms with Crippen molar-refractivity contribution in [3.63, 3.8) is 0 Å². The number of carbonyl (C=O) groups is 1. The number of benzene rings is 2. The molecular formula is C17H19N3O3. The van der Waals surface area contributed by atoms with Crippen LogP contribution in [0.3, 0.4) is 0 Å². The normalized spacial score (nSPS) is 10.3. The minimum atomic E-state index is -0.393. The summed E-state index contributed by atoms with van der Waals surface area (Å²) in [6.07, 6.45) is 0. The third-order valence-electron chi connectivity index (χ3n) is 3.52. The van der Waals surface area contributed by atoms with Gasteiger partial charge in [0.05, 0.1) is 4.92 Å². The lowest BCUT2D eigenvalue weighted by molar-refractivity contribution is -0.385. The molecule has 1 amide bonds. The fourth-order valence-corrected chi connectivity index (χ4v) is 2.51. The van der Waals surface area contributed by atoms with Crippen molar-refractivity contribution in [2.45, 2.75) is 27.7 Å². The molecule has 120 valence electrons. The smallest absolute Gasteiger partial charge is 0.272 e. The van der Waals surface area contributed by atoms with Crippen molar-refractivity contribution in [1.82, 2.24) is 0 Å². The van der Waals surface area contributed by atoms with Crippen LogP contribution in [0.5, 0.6) is 0 Å². The maximum atomic E-state index is 11.2. The van der Waals surface area contributed by atoms with Crippen molar-refractivity contribution in [1.29, 1.82) is 0 Å². The maximum absolute atomic E-state index is 11.2. The molecule has 2 aromatic carbocycles. The van der Waals surface area contributed by atoms with Gasteiger partial charge in [-0.15, -0.1) is 0 Å². The van der Waals surface area contributed by atoms with Crippen LogP contribution in [0, 0.1) is 30.9 Å². The van der Waals surface area contributed by atoms with Crippen LogP contribution in [0.2, 0.25) is 0 Å². The molecule has 0 unspecified atom stereocenters. The van der Waals surface area contributed by atoms with Gasteiger partial charge in [-0.25, -0.2) is 0 Å². The van der Waals surface area contributed by atoms with E-state index in [1.54, 1.807) is 19.1 Å². The molecule has 0 aliphatic carbocycles. The zero-order valence-electron chi connectivity index (χ0n) is 13.6. The first-order valence-corrected chi connectivity index (χ1v) is 7.19. The van der Waals surface area contributed by atoms with E-state index in [4.69, 9.17) is 0 Å². The molecular weight excluding hydrogens is 294 g/mol. The van der Waals surface area contributed by atoms with E-state index < -0.39 is 4.92 Å². The number of hydrogen-bond donors (Lipinski definition) is 2. The first-order valence-electron chi connectivity index (χ1n) is 7.19. The van der Waals surface area contributed by atoms with E-state index in [0.29, 0.717) is 5.56 Å². The number of nitrogens with zero attached hydrogens (tertiary/aromatic N) is 1. The number of nitro groups is 1. The second-order valence-corrected chi connectivity index (χ2v) is 5.55. The monoisotopic (exact) mass is 313 g/mol. The Labute approximate surface area is 134 Å². The van der Waals surface area contributed by atoms with Crippen LogP contribution in [-0.4, -0.2) is 10.8 Å². The Balaban J connectivity index is 2.29. The van der Waals surface area contributed by atoms with Gasteiger partial charge in [0.2, 0.25) is 5.91 Å². The Morgan fingerprint density at radius 3 is 2.04 bits per heavy atom. The Hall–Kier alpha value is -2.89. The second kappa shape index (κ2) is 6.48. The molecule has 23 heavy (non-hydrogen) atoms. The Bertz CT molecular complexity index is 762. The van der Waals surface area contributed by atoms with Crippen molar-refractivity contribution < 1.29 is 9.72 Å². The lowest BCUT2D eigenvalue weighted by Gasteiger charge is -2.14. The third kappa shape index (κ3) is 3.85. The quantitative estimate of drug-likeness (QED) is 0.653. The molecule has 6 heteroatoms. The van der Waals surface area contributed by atoms with Gasteiger partial charge >= 0.3 is 0 Å². The number of nitro benzene ring substituents is 1. The van der Waals surface area contributed by atoms with E-state index in [-0.39, 0.29) is 11.6 Å². The van der Waals surface area contributed by atoms with Crippen molar-refractivity contribution >= 4 is 28.7 Å². The summed E-state index contributed by atoms with van der Waals surface area (Å²) in [5, 5.41) is 16.9. The molecule has 0 aliphatic rings. The molecule has 0 aliphatic heterocycles. The number of amides is 1. The van der Waals surface area contributed by atoms with Gasteiger partial charge in [-0.1, -0.05) is 0 Å². The van der Waals surface area contributed by atoms with Gasteiger partial charge in [0.15, 0.2) is 0 Å². The number of carbonyl (C=O) groups excluding carboxylic acids is 1. The van der Waals surface area contributed by atoms with E-state index >= 15 is 0 Å². The summed E-state index contributed by atoms with van der Waals surface area (Å²) >= 11 is 0. The van der Waals surface area contributed by atoms with Gasteiger partial charge in [0, 0.05) is 35.6 Å². The Morgan fingerprint density at radius 2 is 1.57 bits per heavy atom. The average Bonchev–Trinajstić information content (AvgIpc) is 2.42. The predicted molar refractivity (Wildman–Crippen MR) is 91.3 cm³/mol. The Morgan fingerprint density at radius 1 is 1.00 bits per heavy atom. The average molecular weight is 313 g/mol. The molecule has 6 nitrogen and oxygen atoms in total. The largest absolute Gasteiger partial charge is 0.355 e. The molecule has 0 spiro atoms. The van der Waals surface area contributed by atoms with Crippen LogP contribution in [0.15, 0.2) is 30.3 Å². The highest BCUT2D eigenvalue weighted by Crippen LogP contribution is 2.28. The van der Waals surface area contributed by atoms with Crippen LogP contribution in [0.1, 0.15) is 23.6 Å². The molecule has 0 fully saturated rings. The lowest BCUT2D eigenvalue weighted by Crippen LogP contribution is -2.09. The van der Waals surface area contributed by atoms with Crippen LogP contribution >= 0.6 is 0 Å². The molecule has 0 saturated carbocycles. The minimum Gasteiger partial charge on any atom is -0.355 e. The molecule has 0 atom stereocenters. The number of aryl methyl sites for hydroxylation is 3. The highest BCUT2D eigenvalue weighted by atomic mass is 16.6. The number of nitrogens with one attached hydrogen (secondary N) is 2. The fourth-order valence-electron chi connectivity index (χ4n) is 2.51. The van der Waals surface area contributed by atoms with E-state index in [0.717, 1.165) is 28.2 Å². The molecule has 2 N–H and O–H groups in total. The predicted octanol–water partition coefficient (Wildman–Crippen LogP) is 4.22. The summed E-state index contributed by atoms with van der Waals surface area (Å²) in [6, 6.07) is 8.76. The molecule has 0 heterocycles. The molecule has 0 bridgehead atoms. The molecule has 0 saturated heterocycles. The highest BCUT2D eigenvalue weighted by Gasteiger charge is 2.11. The van der Waals surface area contributed by atoms with Crippen molar-refractivity contribution in [3.05, 3.63) is 57.1 Å². The van der Waals surface area contributed by atoms with E-state index in [1.807, 2.05) is 26.0 Å². The van der Waals surface area contributed by atoms with E-state index in [9.17, 15) is 14.9 Å². The number of hydrogen-bond acceptors (Lipinski definition) is 4. The lowest BCUT2D eigenvalue weighted by atomic mass is 10.1. The van der Waals surface area contributed by atoms with Gasteiger partial charge in [-0.3, -0.25) is 14.9 Å². The van der Waals surface area contributed by atoms with Crippen molar-refractivity contribution in [2.75, 3.05) is 10.6 Å². The first-order chi connectivity index (χ1) is 10.8. The standard InChI is InChI=1S/C17H19N3O3/c1-10-7-14(5-6-16(10)20(22)23)19-15-8-11(2)17(12(3)9-15)18-13(4)21/h5-9,19H,1-4H3,(H,18,21). The van der Waals surface area contributed by atoms with Crippen LogP contribution < -0.4 is 10.6 Å². The van der Waals surface area contributed by atoms with Crippen molar-refractivity contribution in [2.24, 2.45) is 0 Å². The van der Waals surface area contributed by atoms with Gasteiger partial charge in [0.1, 0.15) is 0 Å². The zero-order valence-corrected chi connectivity index (χ0v) is 13.6. The van der Waals surface area contributed by atoms with Crippen LogP contribution in [0.4, 0.5) is 22.7 Å². The van der Waals surface area contributed by atoms with Crippen LogP contribution in [-0.2, 0) is 4.79 Å². The topological polar surface area (TPSA) is 84.3 Å². The SMILES string of the molecule is CC(=O)Nc1c(C)cc(Nc2ccc([N+](=O)[O-])c(C)c2)cc1C. The zero-order chi connectivity index (χ0) is 17.1. The summed E-state index contributed by atoms with van der Waals surface area (Å²) in [7, 11) is 0. The Kier molecular flexibility index (Phi) is 4.64. The van der Waals surface area contributed by atoms with Gasteiger partial charge in [0.25, 0.3) is 5.69 Å². The molecule has 0 aromatic heterocycles. The summed E-state index contributed by atoms with van der Waals surface area (Å²) < 4.78 is 0. The minimum absolute atomic E-state index is 0.101. The van der Waals surface area contributed by atoms with E-state index in [2.05, 4.69) is 10.6 Å². The molecule has 2 aromatic rings. The molecule has 2 rings (SSSR count). The van der Waals surface area contributed by atoms with Gasteiger partial charge < -0.3 is 10.6 Å². The first kappa shape index (κ1) is 16.5. The maximum Gasteiger partial charge on any atom is 0.272 e. The second-order valence-electron chi connectivity index (χ2n) is 5.55. The summed E-state index contributed by atoms with van der Waals surface area (Å²) in [5.74, 6) is -0.108.